The predicted molar refractivity (Wildman–Crippen MR) is 259 cm³/mol. The van der Waals surface area contributed by atoms with Crippen LogP contribution in [-0.2, 0) is 63.7 Å². The van der Waals surface area contributed by atoms with Crippen LogP contribution in [0.15, 0.2) is 48.2 Å². The maximum atomic E-state index is 14.3. The average Bonchev–Trinajstić information content (AvgIpc) is 3.77. The summed E-state index contributed by atoms with van der Waals surface area (Å²) in [7, 11) is 4.45. The zero-order valence-electron chi connectivity index (χ0n) is 41.3. The number of anilines is 1. The number of nitrogens with one attached hydrogen (secondary N) is 1. The molecule has 8 rings (SSSR count). The smallest absolute Gasteiger partial charge is 0.409 e. The number of ether oxygens (including phenoxy) is 6. The second-order valence-electron chi connectivity index (χ2n) is 19.8. The highest BCUT2D eigenvalue weighted by atomic mass is 35.5. The fraction of sp³-hybridized carbons (Fsp3) is 0.620. The predicted octanol–water partition coefficient (Wildman–Crippen LogP) is 5.48. The molecule has 8 atom stereocenters. The maximum absolute atomic E-state index is 14.3. The van der Waals surface area contributed by atoms with Gasteiger partial charge in [0, 0.05) is 52.1 Å². The van der Waals surface area contributed by atoms with Crippen molar-refractivity contribution in [3.05, 3.63) is 58.8 Å². The molecule has 1 aliphatic carbocycles. The molecule has 6 aliphatic heterocycles. The second-order valence-corrected chi connectivity index (χ2v) is 21.5. The van der Waals surface area contributed by atoms with Crippen molar-refractivity contribution in [1.82, 2.24) is 15.3 Å². The number of thioether (sulfide) groups is 1. The van der Waals surface area contributed by atoms with Gasteiger partial charge in [-0.1, -0.05) is 42.0 Å². The Hall–Kier alpha value is -4.99. The summed E-state index contributed by atoms with van der Waals surface area (Å²) in [4.78, 5) is 100. The van der Waals surface area contributed by atoms with Gasteiger partial charge in [0.2, 0.25) is 17.7 Å². The summed E-state index contributed by atoms with van der Waals surface area (Å²) in [5, 5.41) is 14.9. The van der Waals surface area contributed by atoms with Crippen molar-refractivity contribution in [3.63, 3.8) is 0 Å². The molecule has 4 saturated heterocycles. The summed E-state index contributed by atoms with van der Waals surface area (Å²) in [6, 6.07) is 3.55. The number of carbonyl (C=O) groups is 7. The van der Waals surface area contributed by atoms with Crippen LogP contribution in [0.4, 0.5) is 10.5 Å². The summed E-state index contributed by atoms with van der Waals surface area (Å²) < 4.78 is 35.5. The highest BCUT2D eigenvalue weighted by molar-refractivity contribution is 8.00. The van der Waals surface area contributed by atoms with Gasteiger partial charge in [-0.2, -0.15) is 0 Å². The molecule has 5 amide bonds. The minimum Gasteiger partial charge on any atom is -0.495 e. The summed E-state index contributed by atoms with van der Waals surface area (Å²) in [6.07, 6.45) is 3.08. The lowest BCUT2D eigenvalue weighted by Crippen LogP contribution is -2.72. The molecule has 0 spiro atoms. The van der Waals surface area contributed by atoms with Crippen LogP contribution in [0.1, 0.15) is 97.5 Å². The summed E-state index contributed by atoms with van der Waals surface area (Å²) >= 11 is 8.06. The maximum Gasteiger partial charge on any atom is 0.409 e. The summed E-state index contributed by atoms with van der Waals surface area (Å²) in [5.41, 5.74) is -1.88. The van der Waals surface area contributed by atoms with Crippen LogP contribution < -0.4 is 15.0 Å². The van der Waals surface area contributed by atoms with E-state index in [4.69, 9.17) is 44.9 Å². The summed E-state index contributed by atoms with van der Waals surface area (Å²) in [6.45, 7) is 10.9. The Morgan fingerprint density at radius 1 is 1.03 bits per heavy atom. The zero-order valence-corrected chi connectivity index (χ0v) is 42.9. The van der Waals surface area contributed by atoms with Crippen LogP contribution in [-0.4, -0.2) is 143 Å². The van der Waals surface area contributed by atoms with Crippen molar-refractivity contribution in [1.29, 1.82) is 0 Å². The number of hydroxylamine groups is 2. The van der Waals surface area contributed by atoms with E-state index in [2.05, 4.69) is 11.9 Å². The van der Waals surface area contributed by atoms with Gasteiger partial charge in [0.1, 0.15) is 40.3 Å². The third kappa shape index (κ3) is 11.9. The van der Waals surface area contributed by atoms with Gasteiger partial charge in [-0.05, 0) is 89.8 Å². The first-order chi connectivity index (χ1) is 33.6. The molecule has 0 radical (unpaired) electrons. The molecule has 19 nitrogen and oxygen atoms in total. The number of imide groups is 1. The van der Waals surface area contributed by atoms with Crippen molar-refractivity contribution in [2.24, 2.45) is 11.8 Å². The molecule has 2 N–H and O–H groups in total. The van der Waals surface area contributed by atoms with Crippen LogP contribution in [0, 0.1) is 11.8 Å². The van der Waals surface area contributed by atoms with Crippen LogP contribution in [0.3, 0.4) is 0 Å². The van der Waals surface area contributed by atoms with E-state index in [-0.39, 0.29) is 79.7 Å². The normalized spacial score (nSPS) is 33.1. The quantitative estimate of drug-likeness (QED) is 0.142. The number of hydrogen-bond donors (Lipinski definition) is 2. The molecule has 388 valence electrons. The van der Waals surface area contributed by atoms with Crippen molar-refractivity contribution >= 4 is 70.7 Å². The molecular weight excluding hydrogens is 964 g/mol. The fourth-order valence-electron chi connectivity index (χ4n) is 10.3. The van der Waals surface area contributed by atoms with Crippen LogP contribution >= 0.6 is 23.4 Å². The number of amides is 5. The standard InChI is InChI=1S/C50H65ClN4O15S/c1-28-10-9-11-37(65-8)50(63)25-39(68-47(62)52-50)49(5)27-48(4,70-49)38(24-41(57)53(6)34-21-32(20-28)22-35(64-7)43(34)51)67-45(60)30(3)66-18-19-71-36-23-42(58)54(44(36)59)26-31-13-15-33(16-14-31)46(61)69-55-29(2)12-17-40(55)56/h9-11,21-22,30-31,33,36-39,63H,2,12-20,23-27H2,1,3-8H3,(H,52,62)/b11-9+,28-10+/t30-,31?,33?,36?,37+,38-,39?,48+,49?,50-/m0/s1. The lowest BCUT2D eigenvalue weighted by molar-refractivity contribution is -0.328. The van der Waals surface area contributed by atoms with Crippen LogP contribution in [0.25, 0.3) is 0 Å². The number of aliphatic hydroxyl groups is 1. The number of likely N-dealkylation sites (tertiary alicyclic amines) is 1. The number of benzene rings is 1. The number of carbonyl (C=O) groups excluding carboxylic acids is 7. The molecule has 1 aromatic carbocycles. The van der Waals surface area contributed by atoms with Gasteiger partial charge in [0.05, 0.1) is 42.7 Å². The van der Waals surface area contributed by atoms with Gasteiger partial charge in [-0.15, -0.1) is 16.8 Å². The van der Waals surface area contributed by atoms with Crippen molar-refractivity contribution in [2.45, 2.75) is 145 Å². The molecule has 1 saturated carbocycles. The Morgan fingerprint density at radius 3 is 2.41 bits per heavy atom. The average molecular weight is 1030 g/mol. The van der Waals surface area contributed by atoms with Gasteiger partial charge in [0.15, 0.2) is 11.8 Å². The van der Waals surface area contributed by atoms with E-state index in [1.165, 1.54) is 42.7 Å². The molecule has 1 aromatic rings. The van der Waals surface area contributed by atoms with E-state index < -0.39 is 76.4 Å². The first-order valence-corrected chi connectivity index (χ1v) is 25.4. The molecular formula is C50H65ClN4O15S. The number of rotatable bonds is 13. The molecule has 7 aliphatic rings. The van der Waals surface area contributed by atoms with Crippen LogP contribution in [0.2, 0.25) is 5.02 Å². The first-order valence-electron chi connectivity index (χ1n) is 24.0. The zero-order chi connectivity index (χ0) is 51.6. The largest absolute Gasteiger partial charge is 0.495 e. The number of esters is 1. The molecule has 21 heteroatoms. The number of hydrogen-bond acceptors (Lipinski definition) is 16. The number of fused-ring (bicyclic) bond motifs is 6. The van der Waals surface area contributed by atoms with Gasteiger partial charge >= 0.3 is 18.0 Å². The van der Waals surface area contributed by atoms with Crippen molar-refractivity contribution in [2.75, 3.05) is 45.1 Å². The number of methoxy groups -OCH3 is 2. The molecule has 5 fully saturated rings. The third-order valence-corrected chi connectivity index (χ3v) is 15.9. The number of halogens is 1. The number of alkyl carbamates (subject to hydrolysis) is 1. The topological polar surface area (TPSA) is 226 Å². The molecule has 0 aromatic heterocycles. The number of allylic oxidation sites excluding steroid dienone is 4. The van der Waals surface area contributed by atoms with Crippen molar-refractivity contribution in [3.8, 4) is 5.75 Å². The summed E-state index contributed by atoms with van der Waals surface area (Å²) in [5.74, 6) is -2.34. The Labute approximate surface area is 422 Å². The number of nitrogens with zero attached hydrogens (tertiary/aromatic N) is 3. The first kappa shape index (κ1) is 53.8. The van der Waals surface area contributed by atoms with Gasteiger partial charge < -0.3 is 43.3 Å². The second kappa shape index (κ2) is 22.0. The molecule has 6 heterocycles. The van der Waals surface area contributed by atoms with Gasteiger partial charge in [0.25, 0.3) is 5.91 Å². The minimum absolute atomic E-state index is 0.0203. The SMILES string of the molecule is C=C1CCC(=O)N1OC(=O)C1CCC(CN2C(=O)CC(SCCO[C@@H](C)C(=O)O[C@H]3CC(=O)N(C)c4cc(cc(OC)c4Cl)C/C(C)=C/C=C/[C@@H](OC)[C@@]4(O)CC(OC(=O)N4)C4(C)C[C@@]3(C)O4)C2=O)CC1. The highest BCUT2D eigenvalue weighted by Gasteiger charge is 2.63. The van der Waals surface area contributed by atoms with Crippen LogP contribution in [0.5, 0.6) is 5.75 Å². The lowest BCUT2D eigenvalue weighted by atomic mass is 9.72. The van der Waals surface area contributed by atoms with E-state index in [1.807, 2.05) is 13.0 Å². The lowest BCUT2D eigenvalue weighted by Gasteiger charge is -2.59. The fourth-order valence-corrected chi connectivity index (χ4v) is 11.7. The third-order valence-electron chi connectivity index (χ3n) is 14.4. The van der Waals surface area contributed by atoms with Gasteiger partial charge in [-0.3, -0.25) is 29.4 Å². The minimum atomic E-state index is -1.89. The Kier molecular flexibility index (Phi) is 16.7. The Morgan fingerprint density at radius 2 is 1.75 bits per heavy atom. The highest BCUT2D eigenvalue weighted by Crippen LogP contribution is 2.51. The molecule has 3 unspecified atom stereocenters. The monoisotopic (exact) mass is 1030 g/mol. The van der Waals surface area contributed by atoms with E-state index >= 15 is 0 Å². The van der Waals surface area contributed by atoms with E-state index in [0.717, 1.165) is 16.2 Å². The van der Waals surface area contributed by atoms with Crippen molar-refractivity contribution < 1.29 is 71.9 Å². The van der Waals surface area contributed by atoms with E-state index in [0.29, 0.717) is 55.7 Å². The van der Waals surface area contributed by atoms with Gasteiger partial charge in [-0.25, -0.2) is 14.4 Å². The Balaban J connectivity index is 0.976. The molecule has 71 heavy (non-hydrogen) atoms. The molecule has 6 bridgehead atoms. The van der Waals surface area contributed by atoms with E-state index in [9.17, 15) is 38.7 Å². The Bertz CT molecular complexity index is 2330. The van der Waals surface area contributed by atoms with E-state index in [1.54, 1.807) is 45.2 Å².